The fraction of sp³-hybridized carbons (Fsp3) is 0.588. The van der Waals surface area contributed by atoms with Crippen molar-refractivity contribution >= 4 is 5.97 Å². The van der Waals surface area contributed by atoms with E-state index in [0.717, 1.165) is 17.9 Å². The third kappa shape index (κ3) is 2.47. The molecule has 1 aromatic carbocycles. The Labute approximate surface area is 119 Å². The summed E-state index contributed by atoms with van der Waals surface area (Å²) >= 11 is 0. The molecule has 2 aliphatic rings. The van der Waals surface area contributed by atoms with E-state index in [4.69, 9.17) is 5.26 Å². The summed E-state index contributed by atoms with van der Waals surface area (Å²) in [5.41, 5.74) is 1.61. The number of hydrogen-bond donors (Lipinski definition) is 1. The van der Waals surface area contributed by atoms with Crippen LogP contribution in [0.5, 0.6) is 0 Å². The molecule has 1 aromatic rings. The molecule has 2 aliphatic carbocycles. The van der Waals surface area contributed by atoms with Crippen molar-refractivity contribution in [2.24, 2.45) is 11.8 Å². The standard InChI is InChI=1S/C17H22O3/c18-17(20-19)16-10-4-3-9-15(16)14-11-5-7-12-6-1-2-8-13(12)14/h3-4,9-10,12-14,19H,1-2,5-8,11H2/t12-,13+,14?/m1/s1. The second-order valence-electron chi connectivity index (χ2n) is 6.21. The largest absolute Gasteiger partial charge is 0.373 e. The van der Waals surface area contributed by atoms with Crippen LogP contribution >= 0.6 is 0 Å². The lowest BCUT2D eigenvalue weighted by atomic mass is 9.63. The van der Waals surface area contributed by atoms with Gasteiger partial charge >= 0.3 is 5.97 Å². The van der Waals surface area contributed by atoms with Crippen molar-refractivity contribution in [1.82, 2.24) is 0 Å². The number of carbonyl (C=O) groups excluding carboxylic acids is 1. The van der Waals surface area contributed by atoms with Crippen LogP contribution in [0, 0.1) is 11.8 Å². The van der Waals surface area contributed by atoms with Crippen molar-refractivity contribution in [2.75, 3.05) is 0 Å². The molecule has 3 rings (SSSR count). The van der Waals surface area contributed by atoms with Gasteiger partial charge in [0, 0.05) is 0 Å². The number of carbonyl (C=O) groups is 1. The molecule has 3 heteroatoms. The van der Waals surface area contributed by atoms with E-state index in [1.54, 1.807) is 6.07 Å². The van der Waals surface area contributed by atoms with Gasteiger partial charge in [-0.05, 0) is 42.2 Å². The molecule has 0 amide bonds. The molecule has 3 atom stereocenters. The SMILES string of the molecule is O=C(OO)c1ccccc1C1CCC[C@H]2CCCC[C@H]12. The van der Waals surface area contributed by atoms with E-state index in [2.05, 4.69) is 4.89 Å². The van der Waals surface area contributed by atoms with Crippen molar-refractivity contribution in [3.63, 3.8) is 0 Å². The van der Waals surface area contributed by atoms with Gasteiger partial charge in [-0.3, -0.25) is 4.89 Å². The summed E-state index contributed by atoms with van der Waals surface area (Å²) in [6.07, 6.45) is 9.02. The molecule has 2 saturated carbocycles. The summed E-state index contributed by atoms with van der Waals surface area (Å²) in [6.45, 7) is 0. The van der Waals surface area contributed by atoms with E-state index < -0.39 is 5.97 Å². The van der Waals surface area contributed by atoms with Gasteiger partial charge < -0.3 is 0 Å². The molecule has 2 fully saturated rings. The number of fused-ring (bicyclic) bond motifs is 1. The number of benzene rings is 1. The highest BCUT2D eigenvalue weighted by atomic mass is 17.1. The maximum atomic E-state index is 11.8. The molecule has 3 nitrogen and oxygen atoms in total. The van der Waals surface area contributed by atoms with Crippen molar-refractivity contribution in [3.8, 4) is 0 Å². The van der Waals surface area contributed by atoms with Crippen LogP contribution in [0.2, 0.25) is 0 Å². The average molecular weight is 274 g/mol. The molecule has 0 aromatic heterocycles. The molecular weight excluding hydrogens is 252 g/mol. The monoisotopic (exact) mass is 274 g/mol. The summed E-state index contributed by atoms with van der Waals surface area (Å²) in [4.78, 5) is 15.7. The van der Waals surface area contributed by atoms with Crippen LogP contribution in [0.4, 0.5) is 0 Å². The topological polar surface area (TPSA) is 46.5 Å². The van der Waals surface area contributed by atoms with Gasteiger partial charge in [0.15, 0.2) is 0 Å². The molecule has 20 heavy (non-hydrogen) atoms. The van der Waals surface area contributed by atoms with Gasteiger partial charge in [-0.2, -0.15) is 5.26 Å². The van der Waals surface area contributed by atoms with Crippen molar-refractivity contribution in [2.45, 2.75) is 50.9 Å². The third-order valence-electron chi connectivity index (χ3n) is 5.24. The van der Waals surface area contributed by atoms with Crippen LogP contribution in [-0.4, -0.2) is 11.2 Å². The summed E-state index contributed by atoms with van der Waals surface area (Å²) in [5.74, 6) is 1.34. The minimum atomic E-state index is -0.626. The summed E-state index contributed by atoms with van der Waals surface area (Å²) < 4.78 is 0. The van der Waals surface area contributed by atoms with E-state index in [0.29, 0.717) is 17.4 Å². The smallest absolute Gasteiger partial charge is 0.295 e. The quantitative estimate of drug-likeness (QED) is 0.642. The van der Waals surface area contributed by atoms with Crippen LogP contribution in [0.3, 0.4) is 0 Å². The summed E-state index contributed by atoms with van der Waals surface area (Å²) in [7, 11) is 0. The fourth-order valence-corrected chi connectivity index (χ4v) is 4.38. The first kappa shape index (κ1) is 13.6. The van der Waals surface area contributed by atoms with Crippen LogP contribution in [0.25, 0.3) is 0 Å². The highest BCUT2D eigenvalue weighted by Crippen LogP contribution is 2.48. The highest BCUT2D eigenvalue weighted by molar-refractivity contribution is 5.90. The Hall–Kier alpha value is -1.35. The van der Waals surface area contributed by atoms with Crippen LogP contribution in [-0.2, 0) is 4.89 Å². The zero-order chi connectivity index (χ0) is 13.9. The van der Waals surface area contributed by atoms with Gasteiger partial charge in [-0.15, -0.1) is 0 Å². The van der Waals surface area contributed by atoms with Crippen molar-refractivity contribution < 1.29 is 14.9 Å². The number of rotatable bonds is 2. The van der Waals surface area contributed by atoms with Gasteiger partial charge in [0.1, 0.15) is 0 Å². The number of hydrogen-bond acceptors (Lipinski definition) is 3. The second-order valence-corrected chi connectivity index (χ2v) is 6.21. The predicted octanol–water partition coefficient (Wildman–Crippen LogP) is 4.39. The normalized spacial score (nSPS) is 29.6. The molecular formula is C17H22O3. The minimum absolute atomic E-state index is 0.448. The van der Waals surface area contributed by atoms with E-state index in [-0.39, 0.29) is 0 Å². The first-order valence-electron chi connectivity index (χ1n) is 7.76. The lowest BCUT2D eigenvalue weighted by Crippen LogP contribution is -2.30. The summed E-state index contributed by atoms with van der Waals surface area (Å²) in [5, 5.41) is 8.69. The van der Waals surface area contributed by atoms with Gasteiger partial charge in [-0.1, -0.05) is 50.3 Å². The molecule has 1 unspecified atom stereocenters. The lowest BCUT2D eigenvalue weighted by Gasteiger charge is -2.42. The summed E-state index contributed by atoms with van der Waals surface area (Å²) in [6, 6.07) is 7.61. The molecule has 0 aliphatic heterocycles. The molecule has 0 spiro atoms. The van der Waals surface area contributed by atoms with Crippen molar-refractivity contribution in [1.29, 1.82) is 0 Å². The Morgan fingerprint density at radius 1 is 1.05 bits per heavy atom. The van der Waals surface area contributed by atoms with Crippen LogP contribution < -0.4 is 0 Å². The van der Waals surface area contributed by atoms with Gasteiger partial charge in [0.2, 0.25) is 0 Å². The zero-order valence-electron chi connectivity index (χ0n) is 11.8. The maximum absolute atomic E-state index is 11.8. The molecule has 0 bridgehead atoms. The Morgan fingerprint density at radius 3 is 2.65 bits per heavy atom. The highest BCUT2D eigenvalue weighted by Gasteiger charge is 2.37. The zero-order valence-corrected chi connectivity index (χ0v) is 11.8. The van der Waals surface area contributed by atoms with E-state index in [9.17, 15) is 4.79 Å². The van der Waals surface area contributed by atoms with E-state index in [1.165, 1.54) is 38.5 Å². The van der Waals surface area contributed by atoms with Gasteiger partial charge in [-0.25, -0.2) is 4.79 Å². The Kier molecular flexibility index (Phi) is 4.06. The average Bonchev–Trinajstić information content (AvgIpc) is 2.53. The molecule has 108 valence electrons. The van der Waals surface area contributed by atoms with Gasteiger partial charge in [0.25, 0.3) is 0 Å². The molecule has 0 heterocycles. The maximum Gasteiger partial charge on any atom is 0.373 e. The molecule has 0 saturated heterocycles. The fourth-order valence-electron chi connectivity index (χ4n) is 4.38. The van der Waals surface area contributed by atoms with Gasteiger partial charge in [0.05, 0.1) is 5.56 Å². The minimum Gasteiger partial charge on any atom is -0.295 e. The van der Waals surface area contributed by atoms with E-state index >= 15 is 0 Å². The molecule has 1 N–H and O–H groups in total. The predicted molar refractivity (Wildman–Crippen MR) is 76.5 cm³/mol. The lowest BCUT2D eigenvalue weighted by molar-refractivity contribution is -0.182. The van der Waals surface area contributed by atoms with Crippen molar-refractivity contribution in [3.05, 3.63) is 35.4 Å². The first-order valence-corrected chi connectivity index (χ1v) is 7.76. The Morgan fingerprint density at radius 2 is 1.80 bits per heavy atom. The Balaban J connectivity index is 1.93. The Bertz CT molecular complexity index is 481. The second kappa shape index (κ2) is 5.96. The van der Waals surface area contributed by atoms with Crippen LogP contribution in [0.1, 0.15) is 66.8 Å². The van der Waals surface area contributed by atoms with E-state index in [1.807, 2.05) is 18.2 Å². The third-order valence-corrected chi connectivity index (χ3v) is 5.24. The van der Waals surface area contributed by atoms with Crippen LogP contribution in [0.15, 0.2) is 24.3 Å². The first-order chi connectivity index (χ1) is 9.81. The molecule has 0 radical (unpaired) electrons.